The topological polar surface area (TPSA) is 68.9 Å². The van der Waals surface area contributed by atoms with Gasteiger partial charge in [-0.15, -0.1) is 10.2 Å². The van der Waals surface area contributed by atoms with E-state index in [2.05, 4.69) is 41.4 Å². The van der Waals surface area contributed by atoms with E-state index in [-0.39, 0.29) is 11.7 Å². The lowest BCUT2D eigenvalue weighted by atomic mass is 10.1. The van der Waals surface area contributed by atoms with Crippen LogP contribution < -0.4 is 5.73 Å². The average molecular weight is 340 g/mol. The number of carbonyl (C=O) groups excluding carboxylic acids is 1. The molecule has 2 rings (SSSR count). The molecule has 2 N–H and O–H groups in total. The van der Waals surface area contributed by atoms with Gasteiger partial charge in [-0.3, -0.25) is 4.79 Å². The van der Waals surface area contributed by atoms with Crippen LogP contribution in [0.3, 0.4) is 0 Å². The molecular weight excluding hydrogens is 322 g/mol. The van der Waals surface area contributed by atoms with E-state index < -0.39 is 0 Å². The summed E-state index contributed by atoms with van der Waals surface area (Å²) in [5.41, 5.74) is 6.48. The summed E-state index contributed by atoms with van der Waals surface area (Å²) < 4.78 is 1.74. The third kappa shape index (κ3) is 6.07. The summed E-state index contributed by atoms with van der Waals surface area (Å²) in [5, 5.41) is 8.69. The van der Waals surface area contributed by atoms with Gasteiger partial charge in [0.15, 0.2) is 8.68 Å². The van der Waals surface area contributed by atoms with Crippen molar-refractivity contribution in [1.29, 1.82) is 0 Å². The Morgan fingerprint density at radius 1 is 1.29 bits per heavy atom. The molecule has 0 saturated carbocycles. The highest BCUT2D eigenvalue weighted by Crippen LogP contribution is 2.32. The van der Waals surface area contributed by atoms with Gasteiger partial charge in [-0.2, -0.15) is 0 Å². The van der Waals surface area contributed by atoms with Crippen molar-refractivity contribution in [3.63, 3.8) is 0 Å². The van der Waals surface area contributed by atoms with Crippen LogP contribution in [-0.2, 0) is 11.2 Å². The molecule has 2 aromatic rings. The third-order valence-electron chi connectivity index (χ3n) is 2.71. The molecule has 1 aromatic heterocycles. The van der Waals surface area contributed by atoms with Crippen molar-refractivity contribution in [2.45, 2.75) is 33.7 Å². The van der Waals surface area contributed by atoms with Crippen LogP contribution in [-0.4, -0.2) is 27.1 Å². The maximum Gasteiger partial charge on any atom is 0.227 e. The van der Waals surface area contributed by atoms with Crippen LogP contribution in [0.4, 0.5) is 0 Å². The van der Waals surface area contributed by atoms with Crippen LogP contribution in [0.2, 0.25) is 0 Å². The SMILES string of the molecule is C[C@H](CCc1ccccc1)Sc1nnc(SCC(N)=O)s1. The number of carbonyl (C=O) groups is 1. The average Bonchev–Trinajstić information content (AvgIpc) is 2.91. The second kappa shape index (κ2) is 8.41. The summed E-state index contributed by atoms with van der Waals surface area (Å²) >= 11 is 4.60. The van der Waals surface area contributed by atoms with Crippen LogP contribution in [0.25, 0.3) is 0 Å². The van der Waals surface area contributed by atoms with Crippen LogP contribution in [0.5, 0.6) is 0 Å². The van der Waals surface area contributed by atoms with Crippen LogP contribution in [0.1, 0.15) is 18.9 Å². The van der Waals surface area contributed by atoms with Crippen molar-refractivity contribution in [2.24, 2.45) is 5.73 Å². The molecule has 0 spiro atoms. The molecule has 1 atom stereocenters. The Morgan fingerprint density at radius 2 is 2.00 bits per heavy atom. The molecule has 0 radical (unpaired) electrons. The van der Waals surface area contributed by atoms with Gasteiger partial charge < -0.3 is 5.73 Å². The molecular formula is C14H17N3OS3. The smallest absolute Gasteiger partial charge is 0.227 e. The van der Waals surface area contributed by atoms with Crippen molar-refractivity contribution >= 4 is 40.8 Å². The number of aromatic nitrogens is 2. The number of thioether (sulfide) groups is 2. The zero-order chi connectivity index (χ0) is 15.1. The summed E-state index contributed by atoms with van der Waals surface area (Å²) in [4.78, 5) is 10.7. The Labute approximate surface area is 136 Å². The Kier molecular flexibility index (Phi) is 6.53. The maximum absolute atomic E-state index is 10.7. The Bertz CT molecular complexity index is 574. The molecule has 112 valence electrons. The second-order valence-electron chi connectivity index (χ2n) is 4.54. The van der Waals surface area contributed by atoms with E-state index in [1.54, 1.807) is 11.8 Å². The summed E-state index contributed by atoms with van der Waals surface area (Å²) in [7, 11) is 0. The molecule has 4 nitrogen and oxygen atoms in total. The first kappa shape index (κ1) is 16.3. The molecule has 21 heavy (non-hydrogen) atoms. The number of nitrogens with two attached hydrogens (primary N) is 1. The highest BCUT2D eigenvalue weighted by atomic mass is 32.2. The van der Waals surface area contributed by atoms with Gasteiger partial charge in [-0.1, -0.05) is 72.1 Å². The van der Waals surface area contributed by atoms with Gasteiger partial charge in [0, 0.05) is 5.25 Å². The number of amides is 1. The number of nitrogens with zero attached hydrogens (tertiary/aromatic N) is 2. The van der Waals surface area contributed by atoms with Crippen molar-refractivity contribution in [2.75, 3.05) is 5.75 Å². The molecule has 0 aliphatic rings. The Morgan fingerprint density at radius 3 is 2.71 bits per heavy atom. The summed E-state index contributed by atoms with van der Waals surface area (Å²) in [5.74, 6) is -0.0799. The van der Waals surface area contributed by atoms with E-state index in [0.29, 0.717) is 5.25 Å². The number of benzene rings is 1. The van der Waals surface area contributed by atoms with Crippen LogP contribution in [0.15, 0.2) is 39.0 Å². The van der Waals surface area contributed by atoms with Gasteiger partial charge in [0.25, 0.3) is 0 Å². The molecule has 1 heterocycles. The first-order valence-corrected chi connectivity index (χ1v) is 9.27. The van der Waals surface area contributed by atoms with Gasteiger partial charge in [0.2, 0.25) is 5.91 Å². The lowest BCUT2D eigenvalue weighted by molar-refractivity contribution is -0.115. The summed E-state index contributed by atoms with van der Waals surface area (Å²) in [6, 6.07) is 10.5. The van der Waals surface area contributed by atoms with E-state index in [0.717, 1.165) is 21.5 Å². The number of aryl methyl sites for hydroxylation is 1. The lowest BCUT2D eigenvalue weighted by Gasteiger charge is -2.08. The van der Waals surface area contributed by atoms with Crippen molar-refractivity contribution in [3.05, 3.63) is 35.9 Å². The predicted octanol–water partition coefficient (Wildman–Crippen LogP) is 3.23. The molecule has 1 aromatic carbocycles. The predicted molar refractivity (Wildman–Crippen MR) is 89.9 cm³/mol. The molecule has 1 amide bonds. The van der Waals surface area contributed by atoms with Gasteiger partial charge >= 0.3 is 0 Å². The van der Waals surface area contributed by atoms with Gasteiger partial charge in [0.05, 0.1) is 5.75 Å². The highest BCUT2D eigenvalue weighted by molar-refractivity contribution is 8.03. The first-order chi connectivity index (χ1) is 10.1. The molecule has 0 unspecified atom stereocenters. The number of hydrogen-bond donors (Lipinski definition) is 1. The number of primary amides is 1. The van der Waals surface area contributed by atoms with Crippen LogP contribution >= 0.6 is 34.9 Å². The van der Waals surface area contributed by atoms with Gasteiger partial charge in [0.1, 0.15) is 0 Å². The minimum atomic E-state index is -0.333. The monoisotopic (exact) mass is 339 g/mol. The maximum atomic E-state index is 10.7. The summed E-state index contributed by atoms with van der Waals surface area (Å²) in [6.07, 6.45) is 2.16. The molecule has 0 aliphatic carbocycles. The molecule has 0 aliphatic heterocycles. The fraction of sp³-hybridized carbons (Fsp3) is 0.357. The number of rotatable bonds is 8. The number of hydrogen-bond acceptors (Lipinski definition) is 6. The highest BCUT2D eigenvalue weighted by Gasteiger charge is 2.11. The van der Waals surface area contributed by atoms with Crippen molar-refractivity contribution in [3.8, 4) is 0 Å². The quantitative estimate of drug-likeness (QED) is 0.748. The lowest BCUT2D eigenvalue weighted by Crippen LogP contribution is -2.12. The Balaban J connectivity index is 1.77. The zero-order valence-electron chi connectivity index (χ0n) is 11.7. The fourth-order valence-corrected chi connectivity index (χ4v) is 4.76. The first-order valence-electron chi connectivity index (χ1n) is 6.58. The van der Waals surface area contributed by atoms with Crippen LogP contribution in [0, 0.1) is 0 Å². The third-order valence-corrected chi connectivity index (χ3v) is 6.04. The van der Waals surface area contributed by atoms with Gasteiger partial charge in [-0.25, -0.2) is 0 Å². The van der Waals surface area contributed by atoms with E-state index in [9.17, 15) is 4.79 Å². The van der Waals surface area contributed by atoms with E-state index in [1.165, 1.54) is 28.7 Å². The largest absolute Gasteiger partial charge is 0.369 e. The van der Waals surface area contributed by atoms with Gasteiger partial charge in [-0.05, 0) is 18.4 Å². The van der Waals surface area contributed by atoms with E-state index in [4.69, 9.17) is 5.73 Å². The second-order valence-corrected chi connectivity index (χ2v) is 8.43. The van der Waals surface area contributed by atoms with E-state index >= 15 is 0 Å². The minimum absolute atomic E-state index is 0.253. The standard InChI is InChI=1S/C14H17N3OS3/c1-10(7-8-11-5-3-2-4-6-11)20-14-17-16-13(21-14)19-9-12(15)18/h2-6,10H,7-9H2,1H3,(H2,15,18)/t10-/m1/s1. The van der Waals surface area contributed by atoms with Crippen molar-refractivity contribution < 1.29 is 4.79 Å². The zero-order valence-corrected chi connectivity index (χ0v) is 14.1. The van der Waals surface area contributed by atoms with Crippen molar-refractivity contribution in [1.82, 2.24) is 10.2 Å². The molecule has 0 fully saturated rings. The normalized spacial score (nSPS) is 12.2. The molecule has 0 bridgehead atoms. The molecule has 7 heteroatoms. The van der Waals surface area contributed by atoms with E-state index in [1.807, 2.05) is 6.07 Å². The Hall–Kier alpha value is -1.05. The summed E-state index contributed by atoms with van der Waals surface area (Å²) in [6.45, 7) is 2.20. The minimum Gasteiger partial charge on any atom is -0.369 e. The molecule has 0 saturated heterocycles. The fourth-order valence-electron chi connectivity index (χ4n) is 1.68.